The third-order valence-electron chi connectivity index (χ3n) is 6.47. The van der Waals surface area contributed by atoms with Gasteiger partial charge < -0.3 is 24.0 Å². The minimum atomic E-state index is 0.877. The molecule has 2 N–H and O–H groups in total. The first-order valence-corrected chi connectivity index (χ1v) is 12.3. The van der Waals surface area contributed by atoms with Crippen molar-refractivity contribution < 1.29 is 0 Å². The van der Waals surface area contributed by atoms with Gasteiger partial charge in [0, 0.05) is 87.4 Å². The molecule has 0 aliphatic heterocycles. The molecule has 0 fully saturated rings. The van der Waals surface area contributed by atoms with Crippen LogP contribution in [0.5, 0.6) is 0 Å². The maximum absolute atomic E-state index is 4.69. The van der Waals surface area contributed by atoms with Gasteiger partial charge in [0.15, 0.2) is 5.82 Å². The van der Waals surface area contributed by atoms with Crippen molar-refractivity contribution in [2.24, 2.45) is 7.05 Å². The van der Waals surface area contributed by atoms with E-state index >= 15 is 0 Å². The highest BCUT2D eigenvalue weighted by Gasteiger charge is 2.13. The second-order valence-electron chi connectivity index (χ2n) is 8.84. The molecule has 0 amide bonds. The Morgan fingerprint density at radius 1 is 0.711 bits per heavy atom. The van der Waals surface area contributed by atoms with Gasteiger partial charge in [0.25, 0.3) is 0 Å². The maximum atomic E-state index is 4.69. The number of aromatic nitrogens is 7. The number of benzene rings is 1. The zero-order valence-electron chi connectivity index (χ0n) is 21.4. The van der Waals surface area contributed by atoms with E-state index in [9.17, 15) is 0 Å². The van der Waals surface area contributed by atoms with Crippen LogP contribution in [-0.2, 0) is 7.05 Å². The molecule has 7 rings (SSSR count). The highest BCUT2D eigenvalue weighted by Crippen LogP contribution is 2.24. The molecule has 0 radical (unpaired) electrons. The second-order valence-corrected chi connectivity index (χ2v) is 8.84. The van der Waals surface area contributed by atoms with Crippen LogP contribution in [-0.4, -0.2) is 47.4 Å². The summed E-state index contributed by atoms with van der Waals surface area (Å²) in [5, 5.41) is 6.23. The van der Waals surface area contributed by atoms with Crippen LogP contribution >= 0.6 is 0 Å². The van der Waals surface area contributed by atoms with Gasteiger partial charge in [-0.25, -0.2) is 15.0 Å². The predicted molar refractivity (Wildman–Crippen MR) is 152 cm³/mol. The molecule has 0 saturated carbocycles. The lowest BCUT2D eigenvalue weighted by molar-refractivity contribution is 0.953. The zero-order chi connectivity index (χ0) is 26.1. The molecule has 0 saturated heterocycles. The van der Waals surface area contributed by atoms with Gasteiger partial charge in [0.1, 0.15) is 17.0 Å². The van der Waals surface area contributed by atoms with Crippen molar-refractivity contribution in [3.05, 3.63) is 97.8 Å². The number of pyridine rings is 3. The average Bonchev–Trinajstić information content (AvgIpc) is 3.68. The van der Waals surface area contributed by atoms with Gasteiger partial charge in [0.2, 0.25) is 0 Å². The summed E-state index contributed by atoms with van der Waals surface area (Å²) in [6, 6.07) is 20.1. The Hall–Kier alpha value is -5.18. The van der Waals surface area contributed by atoms with E-state index in [1.54, 1.807) is 6.20 Å². The summed E-state index contributed by atoms with van der Waals surface area (Å²) in [5.41, 5.74) is 8.88. The Morgan fingerprint density at radius 2 is 1.37 bits per heavy atom. The molecule has 188 valence electrons. The van der Waals surface area contributed by atoms with Crippen LogP contribution in [0.3, 0.4) is 0 Å². The molecule has 0 aliphatic rings. The molecule has 1 aromatic carbocycles. The lowest BCUT2D eigenvalue weighted by atomic mass is 10.2. The summed E-state index contributed by atoms with van der Waals surface area (Å²) in [6.45, 7) is 0. The summed E-state index contributed by atoms with van der Waals surface area (Å²) in [6.07, 6.45) is 11.6. The average molecular weight is 502 g/mol. The topological polar surface area (TPSA) is 89.4 Å². The number of fused-ring (bicyclic) bond motifs is 3. The van der Waals surface area contributed by atoms with Gasteiger partial charge in [-0.1, -0.05) is 12.1 Å². The largest absolute Gasteiger partial charge is 0.388 e. The first kappa shape index (κ1) is 23.2. The minimum Gasteiger partial charge on any atom is -0.388 e. The Bertz CT molecular complexity index is 1860. The van der Waals surface area contributed by atoms with Crippen molar-refractivity contribution >= 4 is 33.7 Å². The van der Waals surface area contributed by atoms with E-state index in [0.29, 0.717) is 0 Å². The number of imidazole rings is 3. The van der Waals surface area contributed by atoms with Crippen LogP contribution in [0, 0.1) is 0 Å². The van der Waals surface area contributed by atoms with Crippen molar-refractivity contribution in [1.29, 1.82) is 0 Å². The zero-order valence-corrected chi connectivity index (χ0v) is 21.4. The number of nitrogens with one attached hydrogen (secondary N) is 2. The normalized spacial score (nSPS) is 11.0. The molecular formula is C29H27N9. The van der Waals surface area contributed by atoms with E-state index in [-0.39, 0.29) is 0 Å². The SMILES string of the molecule is CNc1ccn2cc(-c3cccnc3)nc2c1.CNc1ccn2cc(-c3nc4ccccc4n3C)nc2c1. The van der Waals surface area contributed by atoms with E-state index in [2.05, 4.69) is 36.2 Å². The van der Waals surface area contributed by atoms with Crippen molar-refractivity contribution in [3.8, 4) is 22.8 Å². The third-order valence-corrected chi connectivity index (χ3v) is 6.47. The lowest BCUT2D eigenvalue weighted by Gasteiger charge is -1.98. The predicted octanol–water partition coefficient (Wildman–Crippen LogP) is 5.37. The van der Waals surface area contributed by atoms with Crippen LogP contribution in [0.4, 0.5) is 11.4 Å². The fraction of sp³-hybridized carbons (Fsp3) is 0.103. The van der Waals surface area contributed by atoms with E-state index in [4.69, 9.17) is 4.98 Å². The standard InChI is InChI=1S/C16H15N5.C13H12N4/c1-17-11-7-8-21-10-13(18-15(21)9-11)16-19-12-5-3-4-6-14(12)20(16)2;1-14-11-4-6-17-9-12(16-13(17)7-11)10-3-2-5-15-8-10/h3-10,17H,1-2H3;2-9,14H,1H3. The van der Waals surface area contributed by atoms with E-state index in [1.807, 2.05) is 116 Å². The fourth-order valence-corrected chi connectivity index (χ4v) is 4.41. The first-order chi connectivity index (χ1) is 18.6. The monoisotopic (exact) mass is 501 g/mol. The van der Waals surface area contributed by atoms with Crippen molar-refractivity contribution in [2.45, 2.75) is 0 Å². The number of hydrogen-bond acceptors (Lipinski definition) is 6. The van der Waals surface area contributed by atoms with E-state index < -0.39 is 0 Å². The summed E-state index contributed by atoms with van der Waals surface area (Å²) in [4.78, 5) is 18.1. The summed E-state index contributed by atoms with van der Waals surface area (Å²) in [7, 11) is 5.83. The van der Waals surface area contributed by atoms with Gasteiger partial charge in [-0.15, -0.1) is 0 Å². The number of rotatable bonds is 4. The molecule has 0 bridgehead atoms. The molecule has 9 heteroatoms. The van der Waals surface area contributed by atoms with Crippen molar-refractivity contribution in [2.75, 3.05) is 24.7 Å². The first-order valence-electron chi connectivity index (χ1n) is 12.3. The summed E-state index contributed by atoms with van der Waals surface area (Å²) in [5.74, 6) is 0.880. The lowest BCUT2D eigenvalue weighted by Crippen LogP contribution is -1.92. The van der Waals surface area contributed by atoms with Crippen LogP contribution in [0.15, 0.2) is 97.8 Å². The molecule has 0 aliphatic carbocycles. The maximum Gasteiger partial charge on any atom is 0.161 e. The summed E-state index contributed by atoms with van der Waals surface area (Å²) >= 11 is 0. The fourth-order valence-electron chi connectivity index (χ4n) is 4.41. The highest BCUT2D eigenvalue weighted by atomic mass is 15.1. The Labute approximate surface area is 219 Å². The van der Waals surface area contributed by atoms with Gasteiger partial charge in [-0.2, -0.15) is 0 Å². The number of para-hydroxylation sites is 2. The van der Waals surface area contributed by atoms with Gasteiger partial charge in [-0.3, -0.25) is 4.98 Å². The molecule has 38 heavy (non-hydrogen) atoms. The summed E-state index contributed by atoms with van der Waals surface area (Å²) < 4.78 is 6.09. The molecule has 7 aromatic rings. The molecule has 6 heterocycles. The van der Waals surface area contributed by atoms with Crippen LogP contribution < -0.4 is 10.6 Å². The van der Waals surface area contributed by atoms with Crippen molar-refractivity contribution in [1.82, 2.24) is 33.3 Å². The molecule has 6 aromatic heterocycles. The molecule has 0 unspecified atom stereocenters. The number of aryl methyl sites for hydroxylation is 1. The van der Waals surface area contributed by atoms with Crippen LogP contribution in [0.25, 0.3) is 45.1 Å². The van der Waals surface area contributed by atoms with Gasteiger partial charge >= 0.3 is 0 Å². The van der Waals surface area contributed by atoms with Gasteiger partial charge in [-0.05, 0) is 36.4 Å². The second kappa shape index (κ2) is 9.70. The third kappa shape index (κ3) is 4.30. The molecular weight excluding hydrogens is 474 g/mol. The van der Waals surface area contributed by atoms with E-state index in [0.717, 1.165) is 56.5 Å². The number of anilines is 2. The van der Waals surface area contributed by atoms with E-state index in [1.165, 1.54) is 0 Å². The minimum absolute atomic E-state index is 0.877. The molecule has 0 atom stereocenters. The van der Waals surface area contributed by atoms with Crippen LogP contribution in [0.2, 0.25) is 0 Å². The Morgan fingerprint density at radius 3 is 2.00 bits per heavy atom. The van der Waals surface area contributed by atoms with Crippen LogP contribution in [0.1, 0.15) is 0 Å². The Balaban J connectivity index is 0.000000142. The quantitative estimate of drug-likeness (QED) is 0.337. The molecule has 0 spiro atoms. The smallest absolute Gasteiger partial charge is 0.161 e. The molecule has 9 nitrogen and oxygen atoms in total. The Kier molecular flexibility index (Phi) is 5.93. The van der Waals surface area contributed by atoms with Crippen molar-refractivity contribution in [3.63, 3.8) is 0 Å². The number of nitrogens with zero attached hydrogens (tertiary/aromatic N) is 7. The van der Waals surface area contributed by atoms with Gasteiger partial charge in [0.05, 0.1) is 16.7 Å². The highest BCUT2D eigenvalue weighted by molar-refractivity contribution is 5.80. The number of hydrogen-bond donors (Lipinski definition) is 2.